The first kappa shape index (κ1) is 8.32. The number of rotatable bonds is 2. The second-order valence-electron chi connectivity index (χ2n) is 3.14. The third-order valence-electron chi connectivity index (χ3n) is 2.31. The summed E-state index contributed by atoms with van der Waals surface area (Å²) >= 11 is 0. The Bertz CT molecular complexity index is 353. The summed E-state index contributed by atoms with van der Waals surface area (Å²) in [4.78, 5) is 0. The molecule has 1 aliphatic carbocycles. The molecule has 13 heavy (non-hydrogen) atoms. The Balaban J connectivity index is 2.53. The van der Waals surface area contributed by atoms with Crippen LogP contribution < -0.4 is 4.74 Å². The van der Waals surface area contributed by atoms with E-state index in [9.17, 15) is 0 Å². The monoisotopic (exact) mass is 176 g/mol. The summed E-state index contributed by atoms with van der Waals surface area (Å²) in [6, 6.07) is 3.91. The van der Waals surface area contributed by atoms with Crippen LogP contribution >= 0.6 is 0 Å². The van der Waals surface area contributed by atoms with Gasteiger partial charge in [0.2, 0.25) is 0 Å². The highest BCUT2D eigenvalue weighted by Crippen LogP contribution is 2.30. The molecule has 0 bridgehead atoms. The molecule has 1 aromatic carbocycles. The Hall–Kier alpha value is -1.28. The largest absolute Gasteiger partial charge is 0.496 e. The molecular weight excluding hydrogens is 164 g/mol. The van der Waals surface area contributed by atoms with Crippen molar-refractivity contribution in [1.29, 1.82) is 0 Å². The molecule has 0 atom stereocenters. The Morgan fingerprint density at radius 1 is 1.46 bits per heavy atom. The van der Waals surface area contributed by atoms with Crippen molar-refractivity contribution in [1.82, 2.24) is 0 Å². The van der Waals surface area contributed by atoms with Crippen molar-refractivity contribution in [2.45, 2.75) is 13.0 Å². The molecule has 2 rings (SSSR count). The predicted molar refractivity (Wildman–Crippen MR) is 51.7 cm³/mol. The summed E-state index contributed by atoms with van der Waals surface area (Å²) in [6.07, 6.45) is 5.11. The molecule has 0 saturated carbocycles. The van der Waals surface area contributed by atoms with Gasteiger partial charge in [-0.05, 0) is 23.6 Å². The van der Waals surface area contributed by atoms with Crippen LogP contribution in [0.5, 0.6) is 5.75 Å². The number of aliphatic hydroxyl groups is 1. The van der Waals surface area contributed by atoms with E-state index in [1.54, 1.807) is 7.11 Å². The van der Waals surface area contributed by atoms with Crippen LogP contribution in [-0.2, 0) is 13.0 Å². The first-order valence-corrected chi connectivity index (χ1v) is 4.32. The minimum absolute atomic E-state index is 0.0731. The second kappa shape index (κ2) is 3.23. The fourth-order valence-electron chi connectivity index (χ4n) is 1.67. The normalized spacial score (nSPS) is 13.1. The molecular formula is C11H12O2. The van der Waals surface area contributed by atoms with Crippen molar-refractivity contribution in [3.63, 3.8) is 0 Å². The van der Waals surface area contributed by atoms with Gasteiger partial charge in [0, 0.05) is 5.56 Å². The summed E-state index contributed by atoms with van der Waals surface area (Å²) in [5.41, 5.74) is 3.31. The lowest BCUT2D eigenvalue weighted by Crippen LogP contribution is -1.93. The average Bonchev–Trinajstić information content (AvgIpc) is 2.63. The maximum absolute atomic E-state index is 9.01. The third-order valence-corrected chi connectivity index (χ3v) is 2.31. The molecule has 0 saturated heterocycles. The van der Waals surface area contributed by atoms with Gasteiger partial charge >= 0.3 is 0 Å². The van der Waals surface area contributed by atoms with E-state index in [2.05, 4.69) is 12.2 Å². The Morgan fingerprint density at radius 3 is 3.00 bits per heavy atom. The molecule has 0 fully saturated rings. The third kappa shape index (κ3) is 1.33. The highest BCUT2D eigenvalue weighted by atomic mass is 16.5. The topological polar surface area (TPSA) is 29.5 Å². The minimum Gasteiger partial charge on any atom is -0.496 e. The Labute approximate surface area is 77.5 Å². The average molecular weight is 176 g/mol. The highest BCUT2D eigenvalue weighted by molar-refractivity contribution is 5.67. The van der Waals surface area contributed by atoms with Crippen molar-refractivity contribution < 1.29 is 9.84 Å². The van der Waals surface area contributed by atoms with E-state index < -0.39 is 0 Å². The zero-order valence-corrected chi connectivity index (χ0v) is 7.58. The van der Waals surface area contributed by atoms with E-state index >= 15 is 0 Å². The number of hydrogen-bond acceptors (Lipinski definition) is 2. The Kier molecular flexibility index (Phi) is 2.07. The number of hydrogen-bond donors (Lipinski definition) is 1. The molecule has 0 unspecified atom stereocenters. The van der Waals surface area contributed by atoms with Gasteiger partial charge < -0.3 is 9.84 Å². The molecule has 0 spiro atoms. The quantitative estimate of drug-likeness (QED) is 0.744. The first-order valence-electron chi connectivity index (χ1n) is 4.32. The number of benzene rings is 1. The SMILES string of the molecule is COc1cc(CO)cc2c1C=CC2. The van der Waals surface area contributed by atoms with Gasteiger partial charge in [0.25, 0.3) is 0 Å². The number of methoxy groups -OCH3 is 1. The molecule has 1 aliphatic rings. The second-order valence-corrected chi connectivity index (χ2v) is 3.14. The van der Waals surface area contributed by atoms with Crippen LogP contribution in [0.3, 0.4) is 0 Å². The van der Waals surface area contributed by atoms with Gasteiger partial charge in [-0.25, -0.2) is 0 Å². The fraction of sp³-hybridized carbons (Fsp3) is 0.273. The van der Waals surface area contributed by atoms with Crippen molar-refractivity contribution in [2.24, 2.45) is 0 Å². The standard InChI is InChI=1S/C11H12O2/c1-13-11-6-8(7-12)5-9-3-2-4-10(9)11/h2,4-6,12H,3,7H2,1H3. The molecule has 0 aliphatic heterocycles. The maximum Gasteiger partial charge on any atom is 0.126 e. The van der Waals surface area contributed by atoms with Crippen molar-refractivity contribution >= 4 is 6.08 Å². The number of allylic oxidation sites excluding steroid dienone is 1. The fourth-order valence-corrected chi connectivity index (χ4v) is 1.67. The zero-order valence-electron chi connectivity index (χ0n) is 7.58. The van der Waals surface area contributed by atoms with Gasteiger partial charge in [-0.3, -0.25) is 0 Å². The van der Waals surface area contributed by atoms with Gasteiger partial charge in [0.15, 0.2) is 0 Å². The molecule has 0 amide bonds. The van der Waals surface area contributed by atoms with Gasteiger partial charge in [0.1, 0.15) is 5.75 Å². The summed E-state index contributed by atoms with van der Waals surface area (Å²) < 4.78 is 5.24. The highest BCUT2D eigenvalue weighted by Gasteiger charge is 2.11. The van der Waals surface area contributed by atoms with Crippen LogP contribution in [0.4, 0.5) is 0 Å². The van der Waals surface area contributed by atoms with Gasteiger partial charge in [-0.1, -0.05) is 18.2 Å². The molecule has 1 aromatic rings. The van der Waals surface area contributed by atoms with Crippen LogP contribution in [0, 0.1) is 0 Å². The van der Waals surface area contributed by atoms with Crippen molar-refractivity contribution in [3.05, 3.63) is 34.9 Å². The van der Waals surface area contributed by atoms with Crippen LogP contribution in [0.15, 0.2) is 18.2 Å². The predicted octanol–water partition coefficient (Wildman–Crippen LogP) is 1.76. The van der Waals surface area contributed by atoms with Crippen molar-refractivity contribution in [2.75, 3.05) is 7.11 Å². The maximum atomic E-state index is 9.01. The van der Waals surface area contributed by atoms with E-state index in [4.69, 9.17) is 9.84 Å². The number of fused-ring (bicyclic) bond motifs is 1. The molecule has 0 aromatic heterocycles. The smallest absolute Gasteiger partial charge is 0.126 e. The van der Waals surface area contributed by atoms with Crippen LogP contribution in [-0.4, -0.2) is 12.2 Å². The zero-order chi connectivity index (χ0) is 9.26. The first-order chi connectivity index (χ1) is 6.35. The van der Waals surface area contributed by atoms with E-state index in [0.29, 0.717) is 0 Å². The van der Waals surface area contributed by atoms with E-state index in [0.717, 1.165) is 23.3 Å². The molecule has 68 valence electrons. The van der Waals surface area contributed by atoms with Crippen LogP contribution in [0.2, 0.25) is 0 Å². The van der Waals surface area contributed by atoms with Gasteiger partial charge in [0.05, 0.1) is 13.7 Å². The Morgan fingerprint density at radius 2 is 2.31 bits per heavy atom. The summed E-state index contributed by atoms with van der Waals surface area (Å²) in [6.45, 7) is 0.0731. The summed E-state index contributed by atoms with van der Waals surface area (Å²) in [7, 11) is 1.66. The molecule has 0 radical (unpaired) electrons. The molecule has 1 N–H and O–H groups in total. The van der Waals surface area contributed by atoms with E-state index in [-0.39, 0.29) is 6.61 Å². The summed E-state index contributed by atoms with van der Waals surface area (Å²) in [5.74, 6) is 0.857. The lowest BCUT2D eigenvalue weighted by Gasteiger charge is -2.08. The van der Waals surface area contributed by atoms with Crippen LogP contribution in [0.1, 0.15) is 16.7 Å². The summed E-state index contributed by atoms with van der Waals surface area (Å²) in [5, 5.41) is 9.01. The molecule has 2 heteroatoms. The lowest BCUT2D eigenvalue weighted by atomic mass is 10.1. The number of aliphatic hydroxyl groups excluding tert-OH is 1. The molecule has 2 nitrogen and oxygen atoms in total. The van der Waals surface area contributed by atoms with Crippen molar-refractivity contribution in [3.8, 4) is 5.75 Å². The number of ether oxygens (including phenoxy) is 1. The van der Waals surface area contributed by atoms with E-state index in [1.807, 2.05) is 12.1 Å². The minimum atomic E-state index is 0.0731. The van der Waals surface area contributed by atoms with E-state index in [1.165, 1.54) is 5.56 Å². The van der Waals surface area contributed by atoms with Gasteiger partial charge in [-0.15, -0.1) is 0 Å². The molecule has 0 heterocycles. The van der Waals surface area contributed by atoms with Crippen LogP contribution in [0.25, 0.3) is 6.08 Å². The van der Waals surface area contributed by atoms with Gasteiger partial charge in [-0.2, -0.15) is 0 Å². The lowest BCUT2D eigenvalue weighted by molar-refractivity contribution is 0.281.